The number of carbonyl (C=O) groups excluding carboxylic acids is 3. The molecule has 8 nitrogen and oxygen atoms in total. The second-order valence-electron chi connectivity index (χ2n) is 7.80. The van der Waals surface area contributed by atoms with Crippen molar-refractivity contribution in [3.63, 3.8) is 0 Å². The lowest BCUT2D eigenvalue weighted by Crippen LogP contribution is -2.18. The summed E-state index contributed by atoms with van der Waals surface area (Å²) in [6.45, 7) is 4.21. The Labute approximate surface area is 212 Å². The number of methoxy groups -OCH3 is 1. The molecule has 1 aromatic heterocycles. The van der Waals surface area contributed by atoms with Gasteiger partial charge in [0, 0.05) is 11.1 Å². The standard InChI is InChI=1S/C25H26N2O6S2/c1-4-6-11-33-18(28)14-17-20(25-34-12-13-35-25)23(29)22-19(15-7-9-16(31-3)10-8-15)21(26-27(17)22)24(30)32-5-2/h7-10,12-13,17H,4-6,11,14H2,1-3H3. The Balaban J connectivity index is 1.83. The lowest BCUT2D eigenvalue weighted by Gasteiger charge is -2.14. The number of hydrogen-bond acceptors (Lipinski definition) is 9. The zero-order valence-corrected chi connectivity index (χ0v) is 21.4. The van der Waals surface area contributed by atoms with E-state index in [0.29, 0.717) is 29.1 Å². The fourth-order valence-electron chi connectivity index (χ4n) is 3.95. The molecule has 2 aliphatic rings. The highest BCUT2D eigenvalue weighted by Crippen LogP contribution is 2.49. The summed E-state index contributed by atoms with van der Waals surface area (Å²) < 4.78 is 18.2. The highest BCUT2D eigenvalue weighted by atomic mass is 32.2. The second kappa shape index (κ2) is 11.2. The van der Waals surface area contributed by atoms with Crippen molar-refractivity contribution in [1.82, 2.24) is 9.78 Å². The van der Waals surface area contributed by atoms with Gasteiger partial charge in [-0.2, -0.15) is 5.10 Å². The molecule has 2 aromatic rings. The van der Waals surface area contributed by atoms with Gasteiger partial charge in [0.25, 0.3) is 0 Å². The molecular weight excluding hydrogens is 488 g/mol. The molecule has 0 bridgehead atoms. The summed E-state index contributed by atoms with van der Waals surface area (Å²) in [5.74, 6) is -0.661. The fourth-order valence-corrected chi connectivity index (χ4v) is 5.91. The number of aromatic nitrogens is 2. The van der Waals surface area contributed by atoms with Gasteiger partial charge in [-0.1, -0.05) is 49.0 Å². The van der Waals surface area contributed by atoms with Gasteiger partial charge in [0.1, 0.15) is 11.4 Å². The van der Waals surface area contributed by atoms with E-state index in [-0.39, 0.29) is 30.2 Å². The van der Waals surface area contributed by atoms with E-state index in [0.717, 1.165) is 17.1 Å². The van der Waals surface area contributed by atoms with Gasteiger partial charge < -0.3 is 14.2 Å². The van der Waals surface area contributed by atoms with Crippen molar-refractivity contribution < 1.29 is 28.6 Å². The number of Topliss-reactive ketones (excluding diaryl/α,β-unsaturated/α-hetero) is 1. The first kappa shape index (κ1) is 25.1. The zero-order valence-electron chi connectivity index (χ0n) is 19.7. The Kier molecular flexibility index (Phi) is 8.02. The van der Waals surface area contributed by atoms with E-state index in [1.807, 2.05) is 17.7 Å². The number of allylic oxidation sites excluding steroid dienone is 1. The first-order valence-electron chi connectivity index (χ1n) is 11.4. The molecule has 2 aliphatic heterocycles. The number of ether oxygens (including phenoxy) is 3. The van der Waals surface area contributed by atoms with Gasteiger partial charge in [0.15, 0.2) is 5.69 Å². The minimum absolute atomic E-state index is 0.0404. The Bertz CT molecular complexity index is 1190. The molecule has 184 valence electrons. The molecule has 0 N–H and O–H groups in total. The molecule has 10 heteroatoms. The maximum atomic E-state index is 13.8. The Morgan fingerprint density at radius 2 is 1.80 bits per heavy atom. The van der Waals surface area contributed by atoms with E-state index < -0.39 is 18.0 Å². The molecule has 0 amide bonds. The first-order valence-corrected chi connectivity index (χ1v) is 13.1. The van der Waals surface area contributed by atoms with E-state index in [2.05, 4.69) is 5.10 Å². The largest absolute Gasteiger partial charge is 0.497 e. The zero-order chi connectivity index (χ0) is 24.9. The van der Waals surface area contributed by atoms with Crippen molar-refractivity contribution in [2.75, 3.05) is 20.3 Å². The highest BCUT2D eigenvalue weighted by Gasteiger charge is 2.44. The van der Waals surface area contributed by atoms with Crippen molar-refractivity contribution in [2.45, 2.75) is 39.2 Å². The number of ketones is 1. The van der Waals surface area contributed by atoms with Gasteiger partial charge in [0.2, 0.25) is 5.78 Å². The van der Waals surface area contributed by atoms with Crippen LogP contribution >= 0.6 is 23.5 Å². The number of thioether (sulfide) groups is 2. The number of unbranched alkanes of at least 4 members (excludes halogenated alkanes) is 1. The fraction of sp³-hybridized carbons (Fsp3) is 0.360. The number of fused-ring (bicyclic) bond motifs is 1. The number of benzene rings is 1. The van der Waals surface area contributed by atoms with E-state index in [9.17, 15) is 14.4 Å². The average molecular weight is 515 g/mol. The number of esters is 2. The third kappa shape index (κ3) is 5.04. The Morgan fingerprint density at radius 1 is 1.09 bits per heavy atom. The summed E-state index contributed by atoms with van der Waals surface area (Å²) in [7, 11) is 1.56. The van der Waals surface area contributed by atoms with E-state index in [1.165, 1.54) is 28.2 Å². The number of rotatable bonds is 9. The van der Waals surface area contributed by atoms with E-state index >= 15 is 0 Å². The highest BCUT2D eigenvalue weighted by molar-refractivity contribution is 8.27. The topological polar surface area (TPSA) is 96.7 Å². The number of carbonyl (C=O) groups is 3. The van der Waals surface area contributed by atoms with Crippen LogP contribution in [0, 0.1) is 0 Å². The van der Waals surface area contributed by atoms with Crippen LogP contribution in [0.3, 0.4) is 0 Å². The SMILES string of the molecule is CCCCOC(=O)CC1C(=C2SC=CS2)C(=O)c2c(-c3ccc(OC)cc3)c(C(=O)OCC)nn21. The van der Waals surface area contributed by atoms with Gasteiger partial charge in [-0.25, -0.2) is 4.79 Å². The maximum absolute atomic E-state index is 13.8. The Morgan fingerprint density at radius 3 is 2.43 bits per heavy atom. The van der Waals surface area contributed by atoms with E-state index in [1.54, 1.807) is 38.3 Å². The normalized spacial score (nSPS) is 16.5. The van der Waals surface area contributed by atoms with Crippen molar-refractivity contribution in [3.8, 4) is 16.9 Å². The third-order valence-electron chi connectivity index (χ3n) is 5.59. The van der Waals surface area contributed by atoms with Crippen LogP contribution in [0.2, 0.25) is 0 Å². The predicted molar refractivity (Wildman–Crippen MR) is 135 cm³/mol. The van der Waals surface area contributed by atoms with Crippen LogP contribution < -0.4 is 4.74 Å². The monoisotopic (exact) mass is 514 g/mol. The molecule has 0 aliphatic carbocycles. The lowest BCUT2D eigenvalue weighted by atomic mass is 9.98. The summed E-state index contributed by atoms with van der Waals surface area (Å²) in [6, 6.07) is 6.37. The minimum atomic E-state index is -0.679. The van der Waals surface area contributed by atoms with Gasteiger partial charge in [-0.15, -0.1) is 0 Å². The Hall–Kier alpha value is -2.98. The molecule has 35 heavy (non-hydrogen) atoms. The average Bonchev–Trinajstić information content (AvgIpc) is 3.57. The van der Waals surface area contributed by atoms with Crippen LogP contribution in [-0.4, -0.2) is 47.8 Å². The van der Waals surface area contributed by atoms with Crippen molar-refractivity contribution >= 4 is 41.2 Å². The molecule has 0 spiro atoms. The molecule has 4 rings (SSSR count). The third-order valence-corrected chi connectivity index (χ3v) is 7.75. The predicted octanol–water partition coefficient (Wildman–Crippen LogP) is 5.37. The van der Waals surface area contributed by atoms with Crippen molar-refractivity contribution in [2.24, 2.45) is 0 Å². The quantitative estimate of drug-likeness (QED) is 0.248. The van der Waals surface area contributed by atoms with Crippen LogP contribution in [0.15, 0.2) is 44.9 Å². The molecule has 1 atom stereocenters. The molecule has 1 unspecified atom stereocenters. The van der Waals surface area contributed by atoms with Crippen LogP contribution in [-0.2, 0) is 14.3 Å². The molecule has 1 aromatic carbocycles. The molecule has 0 radical (unpaired) electrons. The number of hydrogen-bond donors (Lipinski definition) is 0. The van der Waals surface area contributed by atoms with Gasteiger partial charge in [-0.3, -0.25) is 14.3 Å². The smallest absolute Gasteiger partial charge is 0.359 e. The second-order valence-corrected chi connectivity index (χ2v) is 9.89. The van der Waals surface area contributed by atoms with E-state index in [4.69, 9.17) is 14.2 Å². The molecule has 0 fully saturated rings. The summed E-state index contributed by atoms with van der Waals surface area (Å²) in [5.41, 5.74) is 1.81. The summed E-state index contributed by atoms with van der Waals surface area (Å²) in [6.07, 6.45) is 1.61. The summed E-state index contributed by atoms with van der Waals surface area (Å²) in [4.78, 5) is 39.4. The van der Waals surface area contributed by atoms with Crippen LogP contribution in [0.5, 0.6) is 5.75 Å². The van der Waals surface area contributed by atoms with Gasteiger partial charge >= 0.3 is 11.9 Å². The van der Waals surface area contributed by atoms with Crippen LogP contribution in [0.4, 0.5) is 0 Å². The first-order chi connectivity index (χ1) is 17.0. The minimum Gasteiger partial charge on any atom is -0.497 e. The molecule has 0 saturated heterocycles. The van der Waals surface area contributed by atoms with Crippen LogP contribution in [0.25, 0.3) is 11.1 Å². The summed E-state index contributed by atoms with van der Waals surface area (Å²) in [5, 5.41) is 8.33. The maximum Gasteiger partial charge on any atom is 0.359 e. The lowest BCUT2D eigenvalue weighted by molar-refractivity contribution is -0.144. The van der Waals surface area contributed by atoms with Crippen molar-refractivity contribution in [1.29, 1.82) is 0 Å². The van der Waals surface area contributed by atoms with Crippen molar-refractivity contribution in [3.05, 3.63) is 56.3 Å². The van der Waals surface area contributed by atoms with Gasteiger partial charge in [-0.05, 0) is 41.9 Å². The molecule has 0 saturated carbocycles. The summed E-state index contributed by atoms with van der Waals surface area (Å²) >= 11 is 2.87. The van der Waals surface area contributed by atoms with Gasteiger partial charge in [0.05, 0.1) is 37.0 Å². The van der Waals surface area contributed by atoms with Crippen LogP contribution in [0.1, 0.15) is 60.1 Å². The molecular formula is C25H26N2O6S2. The number of nitrogens with zero attached hydrogens (tertiary/aromatic N) is 2. The molecule has 3 heterocycles.